The van der Waals surface area contributed by atoms with E-state index in [-0.39, 0.29) is 17.7 Å². The van der Waals surface area contributed by atoms with Crippen molar-refractivity contribution in [2.45, 2.75) is 39.2 Å². The number of aryl methyl sites for hydroxylation is 1. The molecule has 150 valence electrons. The largest absolute Gasteiger partial charge is 0.435 e. The first kappa shape index (κ1) is 19.6. The van der Waals surface area contributed by atoms with Crippen LogP contribution in [0.4, 0.5) is 17.6 Å². The predicted octanol–water partition coefficient (Wildman–Crippen LogP) is 5.16. The highest BCUT2D eigenvalue weighted by Gasteiger charge is 2.40. The number of hydrogen-bond donors (Lipinski definition) is 1. The maximum atomic E-state index is 14.9. The Morgan fingerprint density at radius 1 is 1.38 bits per heavy atom. The molecule has 0 unspecified atom stereocenters. The summed E-state index contributed by atoms with van der Waals surface area (Å²) >= 11 is 1.35. The van der Waals surface area contributed by atoms with Gasteiger partial charge in [-0.1, -0.05) is 12.1 Å². The van der Waals surface area contributed by atoms with Gasteiger partial charge in [0.15, 0.2) is 5.69 Å². The fourth-order valence-electron chi connectivity index (χ4n) is 3.81. The normalized spacial score (nSPS) is 16.1. The van der Waals surface area contributed by atoms with E-state index in [1.807, 2.05) is 6.92 Å². The summed E-state index contributed by atoms with van der Waals surface area (Å²) in [5.74, 6) is -0.743. The lowest BCUT2D eigenvalue weighted by Gasteiger charge is -2.19. The van der Waals surface area contributed by atoms with Crippen LogP contribution in [0.1, 0.15) is 45.1 Å². The minimum Gasteiger partial charge on any atom is -0.301 e. The molecule has 3 heterocycles. The van der Waals surface area contributed by atoms with Crippen LogP contribution in [0.5, 0.6) is 0 Å². The van der Waals surface area contributed by atoms with Gasteiger partial charge in [-0.05, 0) is 36.6 Å². The van der Waals surface area contributed by atoms with E-state index in [1.54, 1.807) is 13.0 Å². The van der Waals surface area contributed by atoms with Crippen molar-refractivity contribution in [1.82, 2.24) is 15.1 Å². The van der Waals surface area contributed by atoms with Crippen molar-refractivity contribution < 1.29 is 17.6 Å². The van der Waals surface area contributed by atoms with Crippen molar-refractivity contribution in [1.29, 1.82) is 5.26 Å². The number of rotatable bonds is 3. The van der Waals surface area contributed by atoms with Crippen LogP contribution < -0.4 is 5.32 Å². The number of nitrogens with one attached hydrogen (secondary N) is 1. The molecule has 0 radical (unpaired) electrons. The molecule has 1 aliphatic heterocycles. The Labute approximate surface area is 168 Å². The van der Waals surface area contributed by atoms with Gasteiger partial charge < -0.3 is 5.32 Å². The van der Waals surface area contributed by atoms with Gasteiger partial charge in [-0.15, -0.1) is 11.3 Å². The summed E-state index contributed by atoms with van der Waals surface area (Å²) in [5, 5.41) is 16.2. The van der Waals surface area contributed by atoms with Gasteiger partial charge >= 0.3 is 6.18 Å². The molecule has 9 heteroatoms. The predicted molar refractivity (Wildman–Crippen MR) is 101 cm³/mol. The lowest BCUT2D eigenvalue weighted by Crippen LogP contribution is -2.16. The van der Waals surface area contributed by atoms with Crippen molar-refractivity contribution in [2.75, 3.05) is 0 Å². The Balaban J connectivity index is 1.95. The maximum absolute atomic E-state index is 14.9. The zero-order chi connectivity index (χ0) is 20.9. The van der Waals surface area contributed by atoms with Crippen LogP contribution in [0.2, 0.25) is 0 Å². The van der Waals surface area contributed by atoms with E-state index >= 15 is 0 Å². The quantitative estimate of drug-likeness (QED) is 0.596. The van der Waals surface area contributed by atoms with Crippen molar-refractivity contribution in [3.05, 3.63) is 62.4 Å². The van der Waals surface area contributed by atoms with E-state index in [0.717, 1.165) is 26.8 Å². The number of fused-ring (bicyclic) bond motifs is 1. The van der Waals surface area contributed by atoms with Crippen LogP contribution in [0.3, 0.4) is 0 Å². The van der Waals surface area contributed by atoms with Crippen LogP contribution in [0.25, 0.3) is 11.1 Å². The average Bonchev–Trinajstić information content (AvgIpc) is 3.35. The number of aromatic nitrogens is 2. The van der Waals surface area contributed by atoms with Crippen LogP contribution in [-0.2, 0) is 19.3 Å². The SMILES string of the molecule is CCn1cc(-c2c(F)cccc2[C@@H]2NCc3sc(C#N)c(C)c32)c(C(F)(F)F)n1. The molecule has 2 aromatic heterocycles. The van der Waals surface area contributed by atoms with E-state index < -0.39 is 23.7 Å². The molecule has 0 amide bonds. The van der Waals surface area contributed by atoms with Gasteiger partial charge in [0.05, 0.1) is 6.04 Å². The average molecular weight is 420 g/mol. The van der Waals surface area contributed by atoms with Gasteiger partial charge in [-0.25, -0.2) is 4.39 Å². The zero-order valence-electron chi connectivity index (χ0n) is 15.6. The molecule has 29 heavy (non-hydrogen) atoms. The Morgan fingerprint density at radius 3 is 2.79 bits per heavy atom. The van der Waals surface area contributed by atoms with E-state index in [4.69, 9.17) is 0 Å². The molecule has 4 nitrogen and oxygen atoms in total. The van der Waals surface area contributed by atoms with Gasteiger partial charge in [0.2, 0.25) is 0 Å². The Kier molecular flexibility index (Phi) is 4.71. The van der Waals surface area contributed by atoms with Gasteiger partial charge in [-0.3, -0.25) is 4.68 Å². The lowest BCUT2D eigenvalue weighted by atomic mass is 9.90. The van der Waals surface area contributed by atoms with Gasteiger partial charge in [0.1, 0.15) is 16.8 Å². The highest BCUT2D eigenvalue weighted by Crippen LogP contribution is 2.45. The lowest BCUT2D eigenvalue weighted by molar-refractivity contribution is -0.141. The second-order valence-corrected chi connectivity index (χ2v) is 7.87. The van der Waals surface area contributed by atoms with Crippen molar-refractivity contribution >= 4 is 11.3 Å². The molecule has 0 spiro atoms. The number of thiophene rings is 1. The highest BCUT2D eigenvalue weighted by atomic mass is 32.1. The van der Waals surface area contributed by atoms with Gasteiger partial charge in [-0.2, -0.15) is 23.5 Å². The molecular formula is C20H16F4N4S. The van der Waals surface area contributed by atoms with Crippen molar-refractivity contribution in [3.63, 3.8) is 0 Å². The summed E-state index contributed by atoms with van der Waals surface area (Å²) in [6, 6.07) is 5.91. The van der Waals surface area contributed by atoms with Gasteiger partial charge in [0, 0.05) is 35.3 Å². The second kappa shape index (κ2) is 6.97. The number of nitrogens with zero attached hydrogens (tertiary/aromatic N) is 3. The van der Waals surface area contributed by atoms with Crippen LogP contribution >= 0.6 is 11.3 Å². The molecule has 0 aliphatic carbocycles. The van der Waals surface area contributed by atoms with Crippen LogP contribution in [0, 0.1) is 24.1 Å². The summed E-state index contributed by atoms with van der Waals surface area (Å²) in [7, 11) is 0. The van der Waals surface area contributed by atoms with Crippen molar-refractivity contribution in [3.8, 4) is 17.2 Å². The zero-order valence-corrected chi connectivity index (χ0v) is 16.4. The number of alkyl halides is 3. The topological polar surface area (TPSA) is 53.6 Å². The molecule has 4 rings (SSSR count). The van der Waals surface area contributed by atoms with Gasteiger partial charge in [0.25, 0.3) is 0 Å². The summed E-state index contributed by atoms with van der Waals surface area (Å²) in [4.78, 5) is 1.51. The first-order valence-corrected chi connectivity index (χ1v) is 9.77. The van der Waals surface area contributed by atoms with E-state index in [2.05, 4.69) is 16.5 Å². The summed E-state index contributed by atoms with van der Waals surface area (Å²) in [6.45, 7) is 4.18. The Bertz CT molecular complexity index is 1140. The molecule has 1 atom stereocenters. The maximum Gasteiger partial charge on any atom is 0.435 e. The first-order valence-electron chi connectivity index (χ1n) is 8.95. The molecule has 0 fully saturated rings. The van der Waals surface area contributed by atoms with E-state index in [9.17, 15) is 22.8 Å². The van der Waals surface area contributed by atoms with Crippen LogP contribution in [0.15, 0.2) is 24.4 Å². The summed E-state index contributed by atoms with van der Waals surface area (Å²) in [5.41, 5.74) is 0.511. The van der Waals surface area contributed by atoms with E-state index in [0.29, 0.717) is 17.0 Å². The number of hydrogen-bond acceptors (Lipinski definition) is 4. The number of nitriles is 1. The molecule has 1 N–H and O–H groups in total. The minimum atomic E-state index is -4.71. The van der Waals surface area contributed by atoms with E-state index in [1.165, 1.54) is 23.6 Å². The Morgan fingerprint density at radius 2 is 2.14 bits per heavy atom. The summed E-state index contributed by atoms with van der Waals surface area (Å²) < 4.78 is 57.0. The fourth-order valence-corrected chi connectivity index (χ4v) is 4.90. The molecular weight excluding hydrogens is 404 g/mol. The minimum absolute atomic E-state index is 0.117. The smallest absolute Gasteiger partial charge is 0.301 e. The number of halogens is 4. The summed E-state index contributed by atoms with van der Waals surface area (Å²) in [6.07, 6.45) is -3.47. The highest BCUT2D eigenvalue weighted by molar-refractivity contribution is 7.12. The Hall–Kier alpha value is -2.70. The second-order valence-electron chi connectivity index (χ2n) is 6.77. The molecule has 0 saturated carbocycles. The first-order chi connectivity index (χ1) is 13.8. The third-order valence-electron chi connectivity index (χ3n) is 5.11. The molecule has 1 aromatic carbocycles. The van der Waals surface area contributed by atoms with Crippen LogP contribution in [-0.4, -0.2) is 9.78 Å². The monoisotopic (exact) mass is 420 g/mol. The number of benzene rings is 1. The standard InChI is InChI=1S/C20H16F4N4S/c1-3-28-9-12(19(27-28)20(22,23)24)17-11(5-4-6-13(17)21)18-16-10(2)14(7-25)29-15(16)8-26-18/h4-6,9,18,26H,3,8H2,1-2H3/t18-/m0/s1. The molecule has 1 aliphatic rings. The molecule has 3 aromatic rings. The molecule has 0 saturated heterocycles. The third kappa shape index (κ3) is 3.12. The van der Waals surface area contributed by atoms with Crippen molar-refractivity contribution in [2.24, 2.45) is 0 Å². The fraction of sp³-hybridized carbons (Fsp3) is 0.300. The third-order valence-corrected chi connectivity index (χ3v) is 6.32. The molecule has 0 bridgehead atoms.